The Labute approximate surface area is 182 Å². The highest BCUT2D eigenvalue weighted by Crippen LogP contribution is 2.22. The Morgan fingerprint density at radius 3 is 2.80 bits per heavy atom. The fourth-order valence-electron chi connectivity index (χ4n) is 3.98. The number of ether oxygens (including phenoxy) is 1. The maximum atomic E-state index is 12.0. The molecule has 30 heavy (non-hydrogen) atoms. The second-order valence-electron chi connectivity index (χ2n) is 7.80. The first-order chi connectivity index (χ1) is 14.7. The number of amides is 1. The largest absolute Gasteiger partial charge is 0.368 e. The topological polar surface area (TPSA) is 56.2 Å². The molecule has 5 nitrogen and oxygen atoms in total. The van der Waals surface area contributed by atoms with Crippen molar-refractivity contribution in [3.8, 4) is 0 Å². The van der Waals surface area contributed by atoms with Crippen LogP contribution in [0.5, 0.6) is 0 Å². The number of nitrogens with one attached hydrogen (secondary N) is 1. The lowest BCUT2D eigenvalue weighted by Gasteiger charge is -2.11. The van der Waals surface area contributed by atoms with E-state index < -0.39 is 0 Å². The number of hydrogen-bond acceptors (Lipinski definition) is 3. The van der Waals surface area contributed by atoms with Crippen molar-refractivity contribution < 1.29 is 9.53 Å². The van der Waals surface area contributed by atoms with E-state index in [1.54, 1.807) is 0 Å². The Bertz CT molecular complexity index is 995. The summed E-state index contributed by atoms with van der Waals surface area (Å²) in [7, 11) is 0. The molecule has 1 unspecified atom stereocenters. The highest BCUT2D eigenvalue weighted by molar-refractivity contribution is 6.31. The minimum atomic E-state index is -0.241. The van der Waals surface area contributed by atoms with Crippen molar-refractivity contribution in [2.45, 2.75) is 51.2 Å². The van der Waals surface area contributed by atoms with Gasteiger partial charge in [0.1, 0.15) is 11.9 Å². The number of imidazole rings is 1. The van der Waals surface area contributed by atoms with Crippen LogP contribution in [0.2, 0.25) is 5.02 Å². The van der Waals surface area contributed by atoms with Gasteiger partial charge in [-0.1, -0.05) is 48.4 Å². The lowest BCUT2D eigenvalue weighted by molar-refractivity contribution is -0.130. The van der Waals surface area contributed by atoms with Crippen molar-refractivity contribution in [1.29, 1.82) is 0 Å². The zero-order valence-electron chi connectivity index (χ0n) is 17.1. The van der Waals surface area contributed by atoms with Crippen molar-refractivity contribution in [3.63, 3.8) is 0 Å². The summed E-state index contributed by atoms with van der Waals surface area (Å²) < 4.78 is 7.69. The summed E-state index contributed by atoms with van der Waals surface area (Å²) in [5.41, 5.74) is 3.25. The van der Waals surface area contributed by atoms with E-state index in [4.69, 9.17) is 21.3 Å². The average Bonchev–Trinajstić information content (AvgIpc) is 3.41. The van der Waals surface area contributed by atoms with E-state index in [1.807, 2.05) is 30.3 Å². The summed E-state index contributed by atoms with van der Waals surface area (Å²) in [4.78, 5) is 16.9. The zero-order valence-corrected chi connectivity index (χ0v) is 17.9. The van der Waals surface area contributed by atoms with Crippen LogP contribution in [0.4, 0.5) is 0 Å². The first-order valence-corrected chi connectivity index (χ1v) is 11.2. The minimum absolute atomic E-state index is 0.0361. The number of hydrogen-bond donors (Lipinski definition) is 1. The van der Waals surface area contributed by atoms with E-state index in [2.05, 4.69) is 28.1 Å². The van der Waals surface area contributed by atoms with Gasteiger partial charge in [-0.2, -0.15) is 0 Å². The smallest absolute Gasteiger partial charge is 0.249 e. The number of nitrogens with zero attached hydrogens (tertiary/aromatic N) is 2. The molecule has 158 valence electrons. The summed E-state index contributed by atoms with van der Waals surface area (Å²) >= 11 is 6.40. The molecule has 1 aliphatic rings. The van der Waals surface area contributed by atoms with Gasteiger partial charge in [-0.15, -0.1) is 0 Å². The molecule has 0 bridgehead atoms. The number of aromatic nitrogens is 2. The van der Waals surface area contributed by atoms with Crippen molar-refractivity contribution in [3.05, 3.63) is 64.9 Å². The summed E-state index contributed by atoms with van der Waals surface area (Å²) in [5, 5.41) is 3.78. The Hall–Kier alpha value is -2.37. The van der Waals surface area contributed by atoms with Crippen LogP contribution in [0.1, 0.15) is 43.5 Å². The maximum absolute atomic E-state index is 12.0. The second-order valence-corrected chi connectivity index (χ2v) is 8.20. The van der Waals surface area contributed by atoms with Gasteiger partial charge in [-0.05, 0) is 49.4 Å². The highest BCUT2D eigenvalue weighted by Gasteiger charge is 2.22. The average molecular weight is 426 g/mol. The molecule has 1 saturated heterocycles. The molecule has 3 aromatic rings. The molecule has 1 aromatic heterocycles. The lowest BCUT2D eigenvalue weighted by Crippen LogP contribution is -2.34. The number of halogens is 1. The molecule has 1 fully saturated rings. The van der Waals surface area contributed by atoms with Crippen molar-refractivity contribution in [1.82, 2.24) is 14.9 Å². The predicted molar refractivity (Wildman–Crippen MR) is 120 cm³/mol. The number of fused-ring (bicyclic) bond motifs is 1. The van der Waals surface area contributed by atoms with Crippen LogP contribution in [0.25, 0.3) is 11.0 Å². The predicted octanol–water partition coefficient (Wildman–Crippen LogP) is 4.75. The van der Waals surface area contributed by atoms with E-state index in [1.165, 1.54) is 0 Å². The minimum Gasteiger partial charge on any atom is -0.368 e. The third-order valence-corrected chi connectivity index (χ3v) is 5.99. The molecule has 1 N–H and O–H groups in total. The summed E-state index contributed by atoms with van der Waals surface area (Å²) in [5.74, 6) is 1.12. The standard InChI is InChI=1S/C24H28ClN3O2/c25-19-10-4-3-9-18(19)17-28-21-12-6-5-11-20(21)27-23(28)14-2-1-7-15-26-24(29)22-13-8-16-30-22/h3-6,9-12,22H,1-2,7-8,13-17H2,(H,26,29). The second kappa shape index (κ2) is 10.1. The number of rotatable bonds is 9. The van der Waals surface area contributed by atoms with Gasteiger partial charge >= 0.3 is 0 Å². The van der Waals surface area contributed by atoms with Crippen LogP contribution in [-0.4, -0.2) is 34.7 Å². The molecule has 6 heteroatoms. The molecule has 1 aliphatic heterocycles. The normalized spacial score (nSPS) is 16.2. The Morgan fingerprint density at radius 1 is 1.13 bits per heavy atom. The molecular weight excluding hydrogens is 398 g/mol. The molecule has 0 radical (unpaired) electrons. The molecule has 0 spiro atoms. The molecule has 2 heterocycles. The van der Waals surface area contributed by atoms with Crippen molar-refractivity contribution >= 4 is 28.5 Å². The van der Waals surface area contributed by atoms with Crippen LogP contribution in [-0.2, 0) is 22.5 Å². The van der Waals surface area contributed by atoms with Crippen LogP contribution in [0.15, 0.2) is 48.5 Å². The van der Waals surface area contributed by atoms with Gasteiger partial charge in [-0.3, -0.25) is 4.79 Å². The quantitative estimate of drug-likeness (QED) is 0.503. The van der Waals surface area contributed by atoms with Gasteiger partial charge in [0.25, 0.3) is 0 Å². The van der Waals surface area contributed by atoms with Gasteiger partial charge in [0, 0.05) is 24.6 Å². The number of unbranched alkanes of at least 4 members (excludes halogenated alkanes) is 2. The number of aryl methyl sites for hydroxylation is 1. The Morgan fingerprint density at radius 2 is 1.97 bits per heavy atom. The molecule has 1 atom stereocenters. The number of carbonyl (C=O) groups is 1. The van der Waals surface area contributed by atoms with Crippen molar-refractivity contribution in [2.24, 2.45) is 0 Å². The first-order valence-electron chi connectivity index (χ1n) is 10.8. The monoisotopic (exact) mass is 425 g/mol. The highest BCUT2D eigenvalue weighted by atomic mass is 35.5. The number of carbonyl (C=O) groups excluding carboxylic acids is 1. The van der Waals surface area contributed by atoms with Gasteiger partial charge < -0.3 is 14.6 Å². The fraction of sp³-hybridized carbons (Fsp3) is 0.417. The van der Waals surface area contributed by atoms with Gasteiger partial charge in [0.2, 0.25) is 5.91 Å². The Kier molecular flexibility index (Phi) is 7.03. The zero-order chi connectivity index (χ0) is 20.8. The third-order valence-electron chi connectivity index (χ3n) is 5.62. The van der Waals surface area contributed by atoms with E-state index in [0.29, 0.717) is 19.7 Å². The molecule has 4 rings (SSSR count). The van der Waals surface area contributed by atoms with Gasteiger partial charge in [-0.25, -0.2) is 4.98 Å². The van der Waals surface area contributed by atoms with Crippen molar-refractivity contribution in [2.75, 3.05) is 13.2 Å². The van der Waals surface area contributed by atoms with Crippen LogP contribution >= 0.6 is 11.6 Å². The van der Waals surface area contributed by atoms with E-state index >= 15 is 0 Å². The number of para-hydroxylation sites is 2. The van der Waals surface area contributed by atoms with Crippen LogP contribution < -0.4 is 5.32 Å². The van der Waals surface area contributed by atoms with Crippen LogP contribution in [0, 0.1) is 0 Å². The maximum Gasteiger partial charge on any atom is 0.249 e. The lowest BCUT2D eigenvalue weighted by atomic mass is 10.1. The summed E-state index contributed by atoms with van der Waals surface area (Å²) in [6, 6.07) is 16.2. The van der Waals surface area contributed by atoms with Gasteiger partial charge in [0.05, 0.1) is 17.6 Å². The van der Waals surface area contributed by atoms with E-state index in [9.17, 15) is 4.79 Å². The summed E-state index contributed by atoms with van der Waals surface area (Å²) in [6.07, 6.45) is 5.51. The molecular formula is C24H28ClN3O2. The summed E-state index contributed by atoms with van der Waals surface area (Å²) in [6.45, 7) is 2.12. The Balaban J connectivity index is 1.33. The molecule has 1 amide bonds. The molecule has 2 aromatic carbocycles. The molecule has 0 aliphatic carbocycles. The third kappa shape index (κ3) is 5.02. The van der Waals surface area contributed by atoms with Gasteiger partial charge in [0.15, 0.2) is 0 Å². The van der Waals surface area contributed by atoms with Crippen LogP contribution in [0.3, 0.4) is 0 Å². The SMILES string of the molecule is O=C(NCCCCCc1nc2ccccc2n1Cc1ccccc1Cl)C1CCCO1. The fourth-order valence-corrected chi connectivity index (χ4v) is 4.18. The molecule has 0 saturated carbocycles. The number of benzene rings is 2. The van der Waals surface area contributed by atoms with E-state index in [-0.39, 0.29) is 12.0 Å². The first kappa shape index (κ1) is 20.9. The van der Waals surface area contributed by atoms with E-state index in [0.717, 1.165) is 66.0 Å².